The molecule has 0 saturated heterocycles. The number of aromatic amines is 1. The van der Waals surface area contributed by atoms with Gasteiger partial charge in [0, 0.05) is 6.42 Å². The van der Waals surface area contributed by atoms with Gasteiger partial charge in [0.15, 0.2) is 17.3 Å². The number of methoxy groups -OCH3 is 1. The molecule has 0 spiro atoms. The summed E-state index contributed by atoms with van der Waals surface area (Å²) in [7, 11) is 1.63. The molecule has 2 rings (SSSR count). The third-order valence-corrected chi connectivity index (χ3v) is 3.71. The van der Waals surface area contributed by atoms with Crippen LogP contribution in [0.4, 0.5) is 0 Å². The first-order chi connectivity index (χ1) is 11.7. The standard InChI is InChI=1S/C17H24N4O2S/c1-4-6-7-16-19-20-17(24)21(16)18-12-13-8-9-14(23-10-5-2)15(11-13)22-3/h8-9,11-12H,4-7,10H2,1-3H3,(H,20,24)/b18-12+. The van der Waals surface area contributed by atoms with Gasteiger partial charge in [-0.25, -0.2) is 0 Å². The van der Waals surface area contributed by atoms with Crippen molar-refractivity contribution < 1.29 is 9.47 Å². The number of nitrogens with zero attached hydrogens (tertiary/aromatic N) is 3. The Morgan fingerprint density at radius 1 is 1.29 bits per heavy atom. The third kappa shape index (κ3) is 4.67. The van der Waals surface area contributed by atoms with Gasteiger partial charge >= 0.3 is 0 Å². The van der Waals surface area contributed by atoms with Gasteiger partial charge in [0.25, 0.3) is 0 Å². The highest BCUT2D eigenvalue weighted by Gasteiger charge is 2.06. The molecule has 0 aliphatic heterocycles. The van der Waals surface area contributed by atoms with Crippen molar-refractivity contribution in [2.24, 2.45) is 5.10 Å². The van der Waals surface area contributed by atoms with Crippen LogP contribution < -0.4 is 9.47 Å². The van der Waals surface area contributed by atoms with Crippen molar-refractivity contribution >= 4 is 18.4 Å². The lowest BCUT2D eigenvalue weighted by Gasteiger charge is -2.10. The molecule has 0 aliphatic carbocycles. The van der Waals surface area contributed by atoms with Crippen LogP contribution in [0.2, 0.25) is 0 Å². The van der Waals surface area contributed by atoms with Crippen LogP contribution in [-0.4, -0.2) is 34.8 Å². The van der Waals surface area contributed by atoms with Crippen LogP contribution >= 0.6 is 12.2 Å². The summed E-state index contributed by atoms with van der Waals surface area (Å²) in [5.74, 6) is 2.27. The largest absolute Gasteiger partial charge is 0.493 e. The number of aromatic nitrogens is 3. The number of aryl methyl sites for hydroxylation is 1. The molecule has 0 bridgehead atoms. The van der Waals surface area contributed by atoms with Crippen molar-refractivity contribution in [3.8, 4) is 11.5 Å². The molecule has 6 nitrogen and oxygen atoms in total. The average molecular weight is 348 g/mol. The van der Waals surface area contributed by atoms with E-state index in [1.807, 2.05) is 18.2 Å². The van der Waals surface area contributed by atoms with Crippen LogP contribution in [0, 0.1) is 4.77 Å². The van der Waals surface area contributed by atoms with Gasteiger partial charge in [-0.1, -0.05) is 20.3 Å². The summed E-state index contributed by atoms with van der Waals surface area (Å²) in [6.45, 7) is 4.87. The van der Waals surface area contributed by atoms with Crippen molar-refractivity contribution in [1.82, 2.24) is 14.9 Å². The van der Waals surface area contributed by atoms with Gasteiger partial charge in [0.05, 0.1) is 19.9 Å². The number of nitrogens with one attached hydrogen (secondary N) is 1. The first-order valence-corrected chi connectivity index (χ1v) is 8.61. The van der Waals surface area contributed by atoms with E-state index in [0.717, 1.165) is 42.8 Å². The first-order valence-electron chi connectivity index (χ1n) is 8.21. The van der Waals surface area contributed by atoms with E-state index in [0.29, 0.717) is 17.1 Å². The van der Waals surface area contributed by atoms with Crippen LogP contribution in [0.25, 0.3) is 0 Å². The number of unbranched alkanes of at least 4 members (excludes halogenated alkanes) is 1. The SMILES string of the molecule is CCCCc1n[nH]c(=S)n1/N=C/c1ccc(OCCC)c(OC)c1. The predicted molar refractivity (Wildman–Crippen MR) is 97.8 cm³/mol. The summed E-state index contributed by atoms with van der Waals surface area (Å²) in [5, 5.41) is 11.5. The van der Waals surface area contributed by atoms with Gasteiger partial charge in [-0.05, 0) is 48.8 Å². The number of benzene rings is 1. The summed E-state index contributed by atoms with van der Waals surface area (Å²) in [5.41, 5.74) is 0.903. The molecule has 0 unspecified atom stereocenters. The summed E-state index contributed by atoms with van der Waals surface area (Å²) < 4.78 is 13.2. The van der Waals surface area contributed by atoms with Crippen LogP contribution in [0.5, 0.6) is 11.5 Å². The second-order valence-electron chi connectivity index (χ2n) is 5.36. The predicted octanol–water partition coefficient (Wildman–Crippen LogP) is 3.96. The molecular weight excluding hydrogens is 324 g/mol. The maximum atomic E-state index is 5.66. The summed E-state index contributed by atoms with van der Waals surface area (Å²) >= 11 is 5.24. The maximum absolute atomic E-state index is 5.66. The molecule has 0 amide bonds. The normalized spacial score (nSPS) is 11.1. The number of ether oxygens (including phenoxy) is 2. The number of hydrogen-bond donors (Lipinski definition) is 1. The minimum Gasteiger partial charge on any atom is -0.493 e. The van der Waals surface area contributed by atoms with E-state index in [9.17, 15) is 0 Å². The van der Waals surface area contributed by atoms with Crippen molar-refractivity contribution in [3.63, 3.8) is 0 Å². The Kier molecular flexibility index (Phi) is 6.99. The zero-order chi connectivity index (χ0) is 17.4. The maximum Gasteiger partial charge on any atom is 0.216 e. The number of H-pyrrole nitrogens is 1. The fourth-order valence-corrected chi connectivity index (χ4v) is 2.36. The van der Waals surface area contributed by atoms with Crippen molar-refractivity contribution in [3.05, 3.63) is 34.4 Å². The van der Waals surface area contributed by atoms with Crippen molar-refractivity contribution in [2.75, 3.05) is 13.7 Å². The average Bonchev–Trinajstić information content (AvgIpc) is 2.96. The second kappa shape index (κ2) is 9.22. The summed E-state index contributed by atoms with van der Waals surface area (Å²) in [4.78, 5) is 0. The molecule has 0 saturated carbocycles. The zero-order valence-corrected chi connectivity index (χ0v) is 15.2. The molecule has 7 heteroatoms. The van der Waals surface area contributed by atoms with Gasteiger partial charge in [0.1, 0.15) is 0 Å². The molecule has 1 aromatic heterocycles. The van der Waals surface area contributed by atoms with Crippen molar-refractivity contribution in [2.45, 2.75) is 39.5 Å². The minimum absolute atomic E-state index is 0.493. The zero-order valence-electron chi connectivity index (χ0n) is 14.4. The van der Waals surface area contributed by atoms with Crippen LogP contribution in [0.3, 0.4) is 0 Å². The van der Waals surface area contributed by atoms with Gasteiger partial charge in [-0.15, -0.1) is 0 Å². The van der Waals surface area contributed by atoms with E-state index in [4.69, 9.17) is 21.7 Å². The van der Waals surface area contributed by atoms with Gasteiger partial charge in [-0.3, -0.25) is 5.10 Å². The van der Waals surface area contributed by atoms with Crippen LogP contribution in [0.1, 0.15) is 44.5 Å². The van der Waals surface area contributed by atoms with E-state index in [-0.39, 0.29) is 0 Å². The van der Waals surface area contributed by atoms with E-state index >= 15 is 0 Å². The highest BCUT2D eigenvalue weighted by Crippen LogP contribution is 2.27. The molecule has 1 N–H and O–H groups in total. The molecule has 24 heavy (non-hydrogen) atoms. The van der Waals surface area contributed by atoms with E-state index in [1.54, 1.807) is 18.0 Å². The van der Waals surface area contributed by atoms with Gasteiger partial charge in [0.2, 0.25) is 4.77 Å². The fourth-order valence-electron chi connectivity index (χ4n) is 2.16. The highest BCUT2D eigenvalue weighted by atomic mass is 32.1. The Morgan fingerprint density at radius 2 is 2.12 bits per heavy atom. The first kappa shape index (κ1) is 18.2. The Bertz CT molecular complexity index is 736. The third-order valence-electron chi connectivity index (χ3n) is 3.44. The van der Waals surface area contributed by atoms with Gasteiger partial charge < -0.3 is 9.47 Å². The molecular formula is C17H24N4O2S. The quantitative estimate of drug-likeness (QED) is 0.550. The van der Waals surface area contributed by atoms with E-state index in [2.05, 4.69) is 29.1 Å². The molecule has 1 heterocycles. The molecule has 0 aliphatic rings. The monoisotopic (exact) mass is 348 g/mol. The fraction of sp³-hybridized carbons (Fsp3) is 0.471. The second-order valence-corrected chi connectivity index (χ2v) is 5.75. The Morgan fingerprint density at radius 3 is 2.83 bits per heavy atom. The molecule has 1 aromatic carbocycles. The Hall–Kier alpha value is -2.15. The van der Waals surface area contributed by atoms with E-state index in [1.165, 1.54) is 0 Å². The number of rotatable bonds is 9. The Balaban J connectivity index is 2.20. The Labute approximate surface area is 147 Å². The molecule has 2 aromatic rings. The highest BCUT2D eigenvalue weighted by molar-refractivity contribution is 7.71. The van der Waals surface area contributed by atoms with Crippen LogP contribution in [-0.2, 0) is 6.42 Å². The molecule has 0 radical (unpaired) electrons. The minimum atomic E-state index is 0.493. The lowest BCUT2D eigenvalue weighted by molar-refractivity contribution is 0.294. The van der Waals surface area contributed by atoms with Gasteiger partial charge in [-0.2, -0.15) is 14.9 Å². The number of hydrogen-bond acceptors (Lipinski definition) is 5. The summed E-state index contributed by atoms with van der Waals surface area (Å²) in [6, 6.07) is 5.72. The molecule has 0 fully saturated rings. The van der Waals surface area contributed by atoms with Crippen molar-refractivity contribution in [1.29, 1.82) is 0 Å². The molecule has 130 valence electrons. The topological polar surface area (TPSA) is 64.4 Å². The lowest BCUT2D eigenvalue weighted by atomic mass is 10.2. The smallest absolute Gasteiger partial charge is 0.216 e. The lowest BCUT2D eigenvalue weighted by Crippen LogP contribution is -2.00. The molecule has 0 atom stereocenters. The van der Waals surface area contributed by atoms with E-state index < -0.39 is 0 Å². The summed E-state index contributed by atoms with van der Waals surface area (Å²) in [6.07, 6.45) is 5.68. The van der Waals surface area contributed by atoms with Crippen LogP contribution in [0.15, 0.2) is 23.3 Å².